The molecule has 0 radical (unpaired) electrons. The maximum Gasteiger partial charge on any atom is 0.418 e. The van der Waals surface area contributed by atoms with Crippen molar-refractivity contribution in [3.05, 3.63) is 87.7 Å². The molecule has 1 N–H and O–H groups in total. The molecule has 1 heterocycles. The molecule has 146 valence electrons. The first-order chi connectivity index (χ1) is 13.2. The first-order valence-electron chi connectivity index (χ1n) is 8.56. The molecule has 0 bridgehead atoms. The first-order valence-corrected chi connectivity index (χ1v) is 8.94. The van der Waals surface area contributed by atoms with Crippen LogP contribution in [0.3, 0.4) is 0 Å². The van der Waals surface area contributed by atoms with Crippen molar-refractivity contribution < 1.29 is 18.0 Å². The lowest BCUT2D eigenvalue weighted by Crippen LogP contribution is -2.23. The summed E-state index contributed by atoms with van der Waals surface area (Å²) >= 11 is 5.84. The summed E-state index contributed by atoms with van der Waals surface area (Å²) in [4.78, 5) is 12.6. The third-order valence-corrected chi connectivity index (χ3v) is 4.74. The van der Waals surface area contributed by atoms with E-state index in [1.807, 2.05) is 0 Å². The fourth-order valence-electron chi connectivity index (χ4n) is 3.15. The molecule has 0 aliphatic rings. The van der Waals surface area contributed by atoms with Crippen molar-refractivity contribution in [2.75, 3.05) is 0 Å². The van der Waals surface area contributed by atoms with Crippen molar-refractivity contribution in [3.8, 4) is 5.69 Å². The van der Waals surface area contributed by atoms with Gasteiger partial charge in [-0.1, -0.05) is 35.9 Å². The molecule has 0 aliphatic carbocycles. The van der Waals surface area contributed by atoms with Crippen LogP contribution in [0.5, 0.6) is 0 Å². The Labute approximate surface area is 165 Å². The number of hydrogen-bond donors (Lipinski definition) is 1. The zero-order valence-electron chi connectivity index (χ0n) is 15.3. The second kappa shape index (κ2) is 7.72. The van der Waals surface area contributed by atoms with E-state index >= 15 is 0 Å². The number of nitrogens with one attached hydrogen (secondary N) is 1. The molecule has 1 aromatic heterocycles. The van der Waals surface area contributed by atoms with Gasteiger partial charge in [0.25, 0.3) is 5.91 Å². The van der Waals surface area contributed by atoms with Crippen LogP contribution in [0.15, 0.2) is 54.6 Å². The second-order valence-corrected chi connectivity index (χ2v) is 6.88. The van der Waals surface area contributed by atoms with Crippen LogP contribution in [0, 0.1) is 13.8 Å². The summed E-state index contributed by atoms with van der Waals surface area (Å²) in [5.74, 6) is -0.348. The minimum Gasteiger partial charge on any atom is -0.348 e. The van der Waals surface area contributed by atoms with Crippen LogP contribution in [0.4, 0.5) is 13.2 Å². The predicted molar refractivity (Wildman–Crippen MR) is 103 cm³/mol. The van der Waals surface area contributed by atoms with E-state index in [0.29, 0.717) is 28.5 Å². The number of benzene rings is 2. The summed E-state index contributed by atoms with van der Waals surface area (Å²) < 4.78 is 41.7. The van der Waals surface area contributed by atoms with Crippen LogP contribution >= 0.6 is 11.6 Å². The van der Waals surface area contributed by atoms with Gasteiger partial charge in [0.05, 0.1) is 16.8 Å². The lowest BCUT2D eigenvalue weighted by Gasteiger charge is -2.16. The Kier molecular flexibility index (Phi) is 5.52. The van der Waals surface area contributed by atoms with Crippen LogP contribution < -0.4 is 5.32 Å². The molecule has 0 unspecified atom stereocenters. The number of halogens is 4. The van der Waals surface area contributed by atoms with E-state index in [9.17, 15) is 18.0 Å². The van der Waals surface area contributed by atoms with E-state index in [1.165, 1.54) is 16.7 Å². The highest BCUT2D eigenvalue weighted by molar-refractivity contribution is 6.30. The van der Waals surface area contributed by atoms with Crippen LogP contribution in [0.25, 0.3) is 5.69 Å². The molecule has 0 fully saturated rings. The van der Waals surface area contributed by atoms with Crippen LogP contribution in [0.1, 0.15) is 32.9 Å². The number of para-hydroxylation sites is 1. The fraction of sp³-hybridized carbons (Fsp3) is 0.190. The molecule has 3 nitrogen and oxygen atoms in total. The van der Waals surface area contributed by atoms with Gasteiger partial charge in [0.15, 0.2) is 0 Å². The molecule has 0 spiro atoms. The third kappa shape index (κ3) is 4.07. The standard InChI is InChI=1S/C21H18ClF3N2O/c1-13-11-17(20(28)26-12-15-7-9-16(22)10-8-15)14(2)27(13)19-6-4-3-5-18(19)21(23,24)25/h3-11H,12H2,1-2H3,(H,26,28). The Balaban J connectivity index is 1.90. The monoisotopic (exact) mass is 406 g/mol. The molecule has 0 aliphatic heterocycles. The van der Waals surface area contributed by atoms with E-state index in [-0.39, 0.29) is 11.6 Å². The highest BCUT2D eigenvalue weighted by Gasteiger charge is 2.34. The Morgan fingerprint density at radius 2 is 1.71 bits per heavy atom. The van der Waals surface area contributed by atoms with E-state index in [2.05, 4.69) is 5.32 Å². The summed E-state index contributed by atoms with van der Waals surface area (Å²) in [7, 11) is 0. The van der Waals surface area contributed by atoms with Crippen molar-refractivity contribution in [3.63, 3.8) is 0 Å². The number of amides is 1. The maximum absolute atomic E-state index is 13.4. The molecule has 7 heteroatoms. The highest BCUT2D eigenvalue weighted by atomic mass is 35.5. The average molecular weight is 407 g/mol. The van der Waals surface area contributed by atoms with Crippen LogP contribution in [0.2, 0.25) is 5.02 Å². The second-order valence-electron chi connectivity index (χ2n) is 6.44. The third-order valence-electron chi connectivity index (χ3n) is 4.49. The zero-order valence-corrected chi connectivity index (χ0v) is 16.0. The van der Waals surface area contributed by atoms with E-state index in [4.69, 9.17) is 11.6 Å². The largest absolute Gasteiger partial charge is 0.418 e. The molecule has 0 saturated heterocycles. The number of aromatic nitrogens is 1. The SMILES string of the molecule is Cc1cc(C(=O)NCc2ccc(Cl)cc2)c(C)n1-c1ccccc1C(F)(F)F. The van der Waals surface area contributed by atoms with Crippen molar-refractivity contribution in [1.82, 2.24) is 9.88 Å². The molecular weight excluding hydrogens is 389 g/mol. The minimum absolute atomic E-state index is 0.00162. The van der Waals surface area contributed by atoms with Gasteiger partial charge in [-0.3, -0.25) is 4.79 Å². The zero-order chi connectivity index (χ0) is 20.5. The quantitative estimate of drug-likeness (QED) is 0.592. The van der Waals surface area contributed by atoms with Gasteiger partial charge in [-0.15, -0.1) is 0 Å². The summed E-state index contributed by atoms with van der Waals surface area (Å²) in [5, 5.41) is 3.39. The molecule has 2 aromatic carbocycles. The van der Waals surface area contributed by atoms with Crippen molar-refractivity contribution in [2.24, 2.45) is 0 Å². The van der Waals surface area contributed by atoms with Gasteiger partial charge in [-0.05, 0) is 49.7 Å². The van der Waals surface area contributed by atoms with E-state index in [1.54, 1.807) is 50.2 Å². The van der Waals surface area contributed by atoms with E-state index < -0.39 is 11.7 Å². The number of hydrogen-bond acceptors (Lipinski definition) is 1. The van der Waals surface area contributed by atoms with Gasteiger partial charge in [0.1, 0.15) is 0 Å². The Morgan fingerprint density at radius 1 is 1.07 bits per heavy atom. The molecule has 3 rings (SSSR count). The highest BCUT2D eigenvalue weighted by Crippen LogP contribution is 2.35. The van der Waals surface area contributed by atoms with Crippen molar-refractivity contribution in [2.45, 2.75) is 26.6 Å². The summed E-state index contributed by atoms with van der Waals surface area (Å²) in [6.07, 6.45) is -4.49. The Hall–Kier alpha value is -2.73. The minimum atomic E-state index is -4.49. The van der Waals surface area contributed by atoms with Gasteiger partial charge in [0, 0.05) is 23.0 Å². The number of nitrogens with zero attached hydrogens (tertiary/aromatic N) is 1. The van der Waals surface area contributed by atoms with Gasteiger partial charge in [-0.25, -0.2) is 0 Å². The van der Waals surface area contributed by atoms with Gasteiger partial charge >= 0.3 is 6.18 Å². The number of carbonyl (C=O) groups excluding carboxylic acids is 1. The molecular formula is C21H18ClF3N2O. The summed E-state index contributed by atoms with van der Waals surface area (Å²) in [6.45, 7) is 3.60. The van der Waals surface area contributed by atoms with Gasteiger partial charge in [0.2, 0.25) is 0 Å². The van der Waals surface area contributed by atoms with Gasteiger partial charge in [-0.2, -0.15) is 13.2 Å². The molecule has 28 heavy (non-hydrogen) atoms. The number of carbonyl (C=O) groups is 1. The number of alkyl halides is 3. The number of rotatable bonds is 4. The molecule has 0 saturated carbocycles. The average Bonchev–Trinajstić information content (AvgIpc) is 2.94. The summed E-state index contributed by atoms with van der Waals surface area (Å²) in [6, 6.07) is 14.0. The lowest BCUT2D eigenvalue weighted by molar-refractivity contribution is -0.137. The van der Waals surface area contributed by atoms with Crippen molar-refractivity contribution in [1.29, 1.82) is 0 Å². The summed E-state index contributed by atoms with van der Waals surface area (Å²) in [5.41, 5.74) is 1.46. The molecule has 1 amide bonds. The normalized spacial score (nSPS) is 11.5. The molecule has 3 aromatic rings. The topological polar surface area (TPSA) is 34.0 Å². The van der Waals surface area contributed by atoms with Crippen molar-refractivity contribution >= 4 is 17.5 Å². The molecule has 0 atom stereocenters. The fourth-order valence-corrected chi connectivity index (χ4v) is 3.28. The predicted octanol–water partition coefficient (Wildman–Crippen LogP) is 5.70. The number of aryl methyl sites for hydroxylation is 1. The smallest absolute Gasteiger partial charge is 0.348 e. The maximum atomic E-state index is 13.4. The van der Waals surface area contributed by atoms with Gasteiger partial charge < -0.3 is 9.88 Å². The lowest BCUT2D eigenvalue weighted by atomic mass is 10.1. The van der Waals surface area contributed by atoms with Crippen LogP contribution in [-0.2, 0) is 12.7 Å². The van der Waals surface area contributed by atoms with E-state index in [0.717, 1.165) is 11.6 Å². The Bertz CT molecular complexity index is 1010. The Morgan fingerprint density at radius 3 is 2.36 bits per heavy atom. The van der Waals surface area contributed by atoms with Crippen LogP contribution in [-0.4, -0.2) is 10.5 Å². The first kappa shape index (κ1) is 20.0.